The molecule has 1 heterocycles. The number of Topliss-reactive ketones (excluding diaryl/α,β-unsaturated/α-hetero) is 1. The molecular weight excluding hydrogens is 368 g/mol. The number of rotatable bonds is 5. The Morgan fingerprint density at radius 1 is 1.24 bits per heavy atom. The van der Waals surface area contributed by atoms with E-state index in [0.717, 1.165) is 6.42 Å². The van der Waals surface area contributed by atoms with E-state index in [1.54, 1.807) is 0 Å². The summed E-state index contributed by atoms with van der Waals surface area (Å²) in [5.41, 5.74) is -0.791. The van der Waals surface area contributed by atoms with Crippen LogP contribution in [0.3, 0.4) is 0 Å². The molecule has 29 heavy (non-hydrogen) atoms. The number of aldehydes is 1. The van der Waals surface area contributed by atoms with Gasteiger partial charge in [-0.3, -0.25) is 9.59 Å². The van der Waals surface area contributed by atoms with Gasteiger partial charge in [0.25, 0.3) is 0 Å². The first-order valence-electron chi connectivity index (χ1n) is 10.4. The number of fused-ring (bicyclic) bond motifs is 2. The van der Waals surface area contributed by atoms with Crippen molar-refractivity contribution in [1.29, 1.82) is 0 Å². The maximum Gasteiger partial charge on any atom is 0.170 e. The number of ketones is 1. The van der Waals surface area contributed by atoms with E-state index in [4.69, 9.17) is 4.74 Å². The van der Waals surface area contributed by atoms with E-state index in [2.05, 4.69) is 32.9 Å². The molecule has 0 unspecified atom stereocenters. The number of aromatic hydroxyl groups is 2. The second-order valence-electron chi connectivity index (χ2n) is 9.85. The van der Waals surface area contributed by atoms with E-state index in [1.165, 1.54) is 0 Å². The molecule has 0 amide bonds. The SMILES string of the molecule is CC(C)CC(=O)c1c(O)c(C=O)c(O)c2c1O[C@]1(C)C=C[C@@H](C(C)C)C[C@]1(C)C2. The van der Waals surface area contributed by atoms with Gasteiger partial charge in [-0.15, -0.1) is 0 Å². The molecular formula is C24H32O5. The van der Waals surface area contributed by atoms with Gasteiger partial charge in [0.15, 0.2) is 12.1 Å². The molecule has 5 heteroatoms. The fourth-order valence-corrected chi connectivity index (χ4v) is 4.66. The number of ether oxygens (including phenoxy) is 1. The van der Waals surface area contributed by atoms with E-state index >= 15 is 0 Å². The van der Waals surface area contributed by atoms with Crippen LogP contribution in [-0.4, -0.2) is 27.9 Å². The van der Waals surface area contributed by atoms with Gasteiger partial charge in [-0.2, -0.15) is 0 Å². The van der Waals surface area contributed by atoms with Gasteiger partial charge in [-0.25, -0.2) is 0 Å². The summed E-state index contributed by atoms with van der Waals surface area (Å²) < 4.78 is 6.41. The maximum absolute atomic E-state index is 13.0. The van der Waals surface area contributed by atoms with Crippen LogP contribution in [0.2, 0.25) is 0 Å². The fourth-order valence-electron chi connectivity index (χ4n) is 4.66. The molecule has 3 rings (SSSR count). The van der Waals surface area contributed by atoms with Crippen LogP contribution in [-0.2, 0) is 6.42 Å². The van der Waals surface area contributed by atoms with Crippen LogP contribution in [0, 0.1) is 23.2 Å². The Labute approximate surface area is 172 Å². The molecule has 0 fully saturated rings. The molecule has 1 aliphatic carbocycles. The Hall–Kier alpha value is -2.30. The number of hydrogen-bond acceptors (Lipinski definition) is 5. The summed E-state index contributed by atoms with van der Waals surface area (Å²) in [6.07, 6.45) is 6.18. The van der Waals surface area contributed by atoms with Crippen LogP contribution in [0.25, 0.3) is 0 Å². The number of benzene rings is 1. The summed E-state index contributed by atoms with van der Waals surface area (Å²) in [5, 5.41) is 21.4. The predicted octanol–water partition coefficient (Wildman–Crippen LogP) is 5.07. The van der Waals surface area contributed by atoms with Crippen molar-refractivity contribution in [2.24, 2.45) is 23.2 Å². The summed E-state index contributed by atoms with van der Waals surface area (Å²) in [6.45, 7) is 12.3. The quantitative estimate of drug-likeness (QED) is 0.409. The van der Waals surface area contributed by atoms with Gasteiger partial charge < -0.3 is 14.9 Å². The molecule has 1 aromatic rings. The average molecular weight is 401 g/mol. The zero-order valence-corrected chi connectivity index (χ0v) is 18.2. The second kappa shape index (κ2) is 7.19. The molecule has 2 N–H and O–H groups in total. The highest BCUT2D eigenvalue weighted by Crippen LogP contribution is 2.57. The lowest BCUT2D eigenvalue weighted by Crippen LogP contribution is -2.54. The highest BCUT2D eigenvalue weighted by molar-refractivity contribution is 6.05. The monoisotopic (exact) mass is 400 g/mol. The molecule has 5 nitrogen and oxygen atoms in total. The molecule has 158 valence electrons. The van der Waals surface area contributed by atoms with Crippen LogP contribution in [0.1, 0.15) is 80.7 Å². The molecule has 1 aliphatic heterocycles. The first-order chi connectivity index (χ1) is 13.4. The lowest BCUT2D eigenvalue weighted by molar-refractivity contribution is -0.0390. The highest BCUT2D eigenvalue weighted by atomic mass is 16.5. The van der Waals surface area contributed by atoms with Gasteiger partial charge in [0, 0.05) is 17.4 Å². The lowest BCUT2D eigenvalue weighted by Gasteiger charge is -2.53. The minimum absolute atomic E-state index is 0.0104. The molecule has 2 aliphatic rings. The minimum Gasteiger partial charge on any atom is -0.507 e. The zero-order valence-electron chi connectivity index (χ0n) is 18.2. The second-order valence-corrected chi connectivity index (χ2v) is 9.85. The van der Waals surface area contributed by atoms with E-state index in [-0.39, 0.29) is 46.2 Å². The number of hydrogen-bond donors (Lipinski definition) is 2. The summed E-state index contributed by atoms with van der Waals surface area (Å²) in [6, 6.07) is 0. The summed E-state index contributed by atoms with van der Waals surface area (Å²) in [7, 11) is 0. The van der Waals surface area contributed by atoms with Crippen LogP contribution >= 0.6 is 0 Å². The first-order valence-corrected chi connectivity index (χ1v) is 10.4. The third kappa shape index (κ3) is 3.34. The fraction of sp³-hybridized carbons (Fsp3) is 0.583. The third-order valence-electron chi connectivity index (χ3n) is 6.81. The third-order valence-corrected chi connectivity index (χ3v) is 6.81. The number of phenolic OH excluding ortho intramolecular Hbond substituents is 2. The maximum atomic E-state index is 13.0. The number of carbonyl (C=O) groups excluding carboxylic acids is 2. The smallest absolute Gasteiger partial charge is 0.170 e. The van der Waals surface area contributed by atoms with Crippen LogP contribution in [0.15, 0.2) is 12.2 Å². The topological polar surface area (TPSA) is 83.8 Å². The summed E-state index contributed by atoms with van der Waals surface area (Å²) in [5.74, 6) is 0.0762. The van der Waals surface area contributed by atoms with E-state index < -0.39 is 11.4 Å². The van der Waals surface area contributed by atoms with Crippen molar-refractivity contribution in [2.45, 2.75) is 66.4 Å². The molecule has 0 spiro atoms. The van der Waals surface area contributed by atoms with Gasteiger partial charge >= 0.3 is 0 Å². The Kier molecular flexibility index (Phi) is 5.31. The van der Waals surface area contributed by atoms with E-state index in [9.17, 15) is 19.8 Å². The van der Waals surface area contributed by atoms with Crippen molar-refractivity contribution in [3.63, 3.8) is 0 Å². The zero-order chi connectivity index (χ0) is 21.7. The van der Waals surface area contributed by atoms with E-state index in [1.807, 2.05) is 20.8 Å². The normalized spacial score (nSPS) is 28.1. The van der Waals surface area contributed by atoms with E-state index in [0.29, 0.717) is 30.1 Å². The highest BCUT2D eigenvalue weighted by Gasteiger charge is 2.53. The van der Waals surface area contributed by atoms with Gasteiger partial charge in [-0.05, 0) is 43.6 Å². The minimum atomic E-state index is -0.681. The molecule has 0 saturated heterocycles. The molecule has 0 bridgehead atoms. The Balaban J connectivity index is 2.22. The van der Waals surface area contributed by atoms with Crippen molar-refractivity contribution in [1.82, 2.24) is 0 Å². The Bertz CT molecular complexity index is 882. The summed E-state index contributed by atoms with van der Waals surface area (Å²) in [4.78, 5) is 24.6. The van der Waals surface area contributed by atoms with Gasteiger partial charge in [0.05, 0.1) is 5.56 Å². The van der Waals surface area contributed by atoms with Crippen LogP contribution < -0.4 is 4.74 Å². The van der Waals surface area contributed by atoms with Crippen LogP contribution in [0.5, 0.6) is 17.2 Å². The van der Waals surface area contributed by atoms with Gasteiger partial charge in [0.2, 0.25) is 0 Å². The number of phenols is 2. The van der Waals surface area contributed by atoms with Gasteiger partial charge in [-0.1, -0.05) is 40.7 Å². The first kappa shape index (κ1) is 21.4. The Morgan fingerprint density at radius 3 is 2.45 bits per heavy atom. The van der Waals surface area contributed by atoms with Crippen molar-refractivity contribution >= 4 is 12.1 Å². The average Bonchev–Trinajstić information content (AvgIpc) is 2.60. The predicted molar refractivity (Wildman–Crippen MR) is 112 cm³/mol. The van der Waals surface area contributed by atoms with Crippen LogP contribution in [0.4, 0.5) is 0 Å². The number of allylic oxidation sites excluding steroid dienone is 1. The molecule has 3 atom stereocenters. The molecule has 0 saturated carbocycles. The Morgan fingerprint density at radius 2 is 1.90 bits per heavy atom. The molecule has 0 radical (unpaired) electrons. The van der Waals surface area contributed by atoms with Crippen molar-refractivity contribution in [2.75, 3.05) is 0 Å². The largest absolute Gasteiger partial charge is 0.507 e. The molecule has 1 aromatic carbocycles. The standard InChI is InChI=1S/C24H32O5/c1-13(2)9-18(26)19-21(28)17(12-25)20(27)16-11-23(5)10-15(14(3)4)7-8-24(23,6)29-22(16)19/h7-8,12-15,27-28H,9-11H2,1-6H3/t15-,23-,24-/m1/s1. The van der Waals surface area contributed by atoms with Gasteiger partial charge in [0.1, 0.15) is 28.4 Å². The number of carbonyl (C=O) groups is 2. The van der Waals surface area contributed by atoms with Crippen molar-refractivity contribution in [3.05, 3.63) is 28.8 Å². The summed E-state index contributed by atoms with van der Waals surface area (Å²) >= 11 is 0. The molecule has 0 aromatic heterocycles. The lowest BCUT2D eigenvalue weighted by atomic mass is 9.59. The van der Waals surface area contributed by atoms with Crippen molar-refractivity contribution < 1.29 is 24.5 Å². The van der Waals surface area contributed by atoms with Crippen molar-refractivity contribution in [3.8, 4) is 17.2 Å².